The van der Waals surface area contributed by atoms with E-state index in [1.807, 2.05) is 19.2 Å². The molecule has 0 aliphatic carbocycles. The van der Waals surface area contributed by atoms with Gasteiger partial charge in [-0.2, -0.15) is 0 Å². The van der Waals surface area contributed by atoms with Crippen LogP contribution in [-0.2, 0) is 6.54 Å². The van der Waals surface area contributed by atoms with E-state index in [9.17, 15) is 0 Å². The lowest BCUT2D eigenvalue weighted by Crippen LogP contribution is -2.14. The largest absolute Gasteiger partial charge is 0.457 e. The number of pyridine rings is 1. The summed E-state index contributed by atoms with van der Waals surface area (Å²) < 4.78 is 6.15. The van der Waals surface area contributed by atoms with E-state index in [1.165, 1.54) is 5.56 Å². The molecule has 0 saturated carbocycles. The van der Waals surface area contributed by atoms with Crippen molar-refractivity contribution in [2.75, 3.05) is 6.54 Å². The van der Waals surface area contributed by atoms with Gasteiger partial charge in [-0.3, -0.25) is 4.98 Å². The summed E-state index contributed by atoms with van der Waals surface area (Å²) in [6.07, 6.45) is 3.02. The molecule has 1 heterocycles. The van der Waals surface area contributed by atoms with Crippen LogP contribution in [-0.4, -0.2) is 11.5 Å². The van der Waals surface area contributed by atoms with Gasteiger partial charge in [0.15, 0.2) is 0 Å². The Kier molecular flexibility index (Phi) is 5.34. The van der Waals surface area contributed by atoms with Gasteiger partial charge >= 0.3 is 0 Å². The van der Waals surface area contributed by atoms with Crippen molar-refractivity contribution in [3.63, 3.8) is 0 Å². The molecule has 0 atom stereocenters. The molecule has 0 fully saturated rings. The summed E-state index contributed by atoms with van der Waals surface area (Å²) in [7, 11) is 0. The summed E-state index contributed by atoms with van der Waals surface area (Å²) in [6, 6.07) is 8.27. The van der Waals surface area contributed by atoms with Gasteiger partial charge < -0.3 is 10.1 Å². The van der Waals surface area contributed by atoms with Crippen LogP contribution in [0.2, 0.25) is 0 Å². The molecule has 3 nitrogen and oxygen atoms in total. The van der Waals surface area contributed by atoms with Gasteiger partial charge in [-0.15, -0.1) is 0 Å². The first-order valence-electron chi connectivity index (χ1n) is 7.51. The van der Waals surface area contributed by atoms with Crippen molar-refractivity contribution in [3.8, 4) is 11.5 Å². The number of benzene rings is 1. The molecule has 0 amide bonds. The SMILES string of the molecule is CCCNCc1cnc(C)cc1Oc1cc(C)ccc1C. The summed E-state index contributed by atoms with van der Waals surface area (Å²) in [5.41, 5.74) is 4.40. The van der Waals surface area contributed by atoms with Crippen LogP contribution in [0.1, 0.15) is 35.7 Å². The topological polar surface area (TPSA) is 34.2 Å². The maximum Gasteiger partial charge on any atom is 0.135 e. The molecule has 3 heteroatoms. The first kappa shape index (κ1) is 15.5. The summed E-state index contributed by atoms with van der Waals surface area (Å²) in [4.78, 5) is 4.38. The number of aromatic nitrogens is 1. The third-order valence-electron chi connectivity index (χ3n) is 3.39. The number of nitrogens with one attached hydrogen (secondary N) is 1. The fourth-order valence-corrected chi connectivity index (χ4v) is 2.13. The highest BCUT2D eigenvalue weighted by atomic mass is 16.5. The standard InChI is InChI=1S/C18H24N2O/c1-5-8-19-11-16-12-20-15(4)10-18(16)21-17-9-13(2)6-7-14(17)3/h6-7,9-10,12,19H,5,8,11H2,1-4H3. The number of hydrogen-bond donors (Lipinski definition) is 1. The second-order valence-corrected chi connectivity index (χ2v) is 5.48. The predicted molar refractivity (Wildman–Crippen MR) is 87.0 cm³/mol. The minimum Gasteiger partial charge on any atom is -0.457 e. The van der Waals surface area contributed by atoms with Gasteiger partial charge in [0.25, 0.3) is 0 Å². The lowest BCUT2D eigenvalue weighted by molar-refractivity contribution is 0.467. The fraction of sp³-hybridized carbons (Fsp3) is 0.389. The molecule has 1 aromatic heterocycles. The van der Waals surface area contributed by atoms with Crippen LogP contribution < -0.4 is 10.1 Å². The summed E-state index contributed by atoms with van der Waals surface area (Å²) in [5, 5.41) is 3.40. The number of rotatable bonds is 6. The maximum absolute atomic E-state index is 6.15. The van der Waals surface area contributed by atoms with Gasteiger partial charge in [-0.05, 0) is 50.9 Å². The average Bonchev–Trinajstić information content (AvgIpc) is 2.45. The zero-order valence-electron chi connectivity index (χ0n) is 13.4. The number of ether oxygens (including phenoxy) is 1. The molecule has 112 valence electrons. The van der Waals surface area contributed by atoms with E-state index in [1.54, 1.807) is 0 Å². The minimum absolute atomic E-state index is 0.779. The van der Waals surface area contributed by atoms with E-state index in [4.69, 9.17) is 4.74 Å². The Balaban J connectivity index is 2.25. The number of nitrogens with zero attached hydrogens (tertiary/aromatic N) is 1. The second kappa shape index (κ2) is 7.23. The van der Waals surface area contributed by atoms with Gasteiger partial charge in [0.1, 0.15) is 11.5 Å². The van der Waals surface area contributed by atoms with E-state index in [0.717, 1.165) is 47.8 Å². The Morgan fingerprint density at radius 2 is 1.90 bits per heavy atom. The van der Waals surface area contributed by atoms with Crippen LogP contribution in [0.15, 0.2) is 30.5 Å². The van der Waals surface area contributed by atoms with E-state index >= 15 is 0 Å². The van der Waals surface area contributed by atoms with Crippen LogP contribution in [0, 0.1) is 20.8 Å². The van der Waals surface area contributed by atoms with Crippen LogP contribution in [0.5, 0.6) is 11.5 Å². The molecule has 0 aliphatic heterocycles. The summed E-state index contributed by atoms with van der Waals surface area (Å²) in [5.74, 6) is 1.80. The molecule has 1 N–H and O–H groups in total. The van der Waals surface area contributed by atoms with Crippen molar-refractivity contribution >= 4 is 0 Å². The molecule has 0 unspecified atom stereocenters. The first-order valence-corrected chi connectivity index (χ1v) is 7.51. The van der Waals surface area contributed by atoms with Crippen LogP contribution in [0.3, 0.4) is 0 Å². The molecule has 0 bridgehead atoms. The van der Waals surface area contributed by atoms with Gasteiger partial charge in [-0.25, -0.2) is 0 Å². The van der Waals surface area contributed by atoms with Crippen molar-refractivity contribution < 1.29 is 4.74 Å². The molecular weight excluding hydrogens is 260 g/mol. The van der Waals surface area contributed by atoms with Crippen LogP contribution in [0.4, 0.5) is 0 Å². The molecule has 0 aliphatic rings. The molecule has 0 radical (unpaired) electrons. The Morgan fingerprint density at radius 1 is 1.10 bits per heavy atom. The third kappa shape index (κ3) is 4.30. The molecule has 1 aromatic carbocycles. The van der Waals surface area contributed by atoms with Crippen molar-refractivity contribution in [1.29, 1.82) is 0 Å². The van der Waals surface area contributed by atoms with E-state index in [2.05, 4.69) is 49.3 Å². The summed E-state index contributed by atoms with van der Waals surface area (Å²) >= 11 is 0. The second-order valence-electron chi connectivity index (χ2n) is 5.48. The van der Waals surface area contributed by atoms with Crippen LogP contribution in [0.25, 0.3) is 0 Å². The monoisotopic (exact) mass is 284 g/mol. The zero-order valence-corrected chi connectivity index (χ0v) is 13.4. The molecule has 2 rings (SSSR count). The van der Waals surface area contributed by atoms with Crippen molar-refractivity contribution in [2.24, 2.45) is 0 Å². The molecule has 21 heavy (non-hydrogen) atoms. The lowest BCUT2D eigenvalue weighted by Gasteiger charge is -2.14. The Hall–Kier alpha value is -1.87. The molecule has 0 spiro atoms. The normalized spacial score (nSPS) is 10.7. The average molecular weight is 284 g/mol. The lowest BCUT2D eigenvalue weighted by atomic mass is 10.1. The van der Waals surface area contributed by atoms with Gasteiger partial charge in [0.2, 0.25) is 0 Å². The van der Waals surface area contributed by atoms with Gasteiger partial charge in [-0.1, -0.05) is 19.1 Å². The highest BCUT2D eigenvalue weighted by Crippen LogP contribution is 2.29. The minimum atomic E-state index is 0.779. The third-order valence-corrected chi connectivity index (χ3v) is 3.39. The van der Waals surface area contributed by atoms with Crippen LogP contribution >= 0.6 is 0 Å². The quantitative estimate of drug-likeness (QED) is 0.803. The zero-order chi connectivity index (χ0) is 15.2. The van der Waals surface area contributed by atoms with Gasteiger partial charge in [0, 0.05) is 30.1 Å². The molecular formula is C18H24N2O. The van der Waals surface area contributed by atoms with E-state index < -0.39 is 0 Å². The fourth-order valence-electron chi connectivity index (χ4n) is 2.13. The highest BCUT2D eigenvalue weighted by molar-refractivity contribution is 5.42. The Morgan fingerprint density at radius 3 is 2.67 bits per heavy atom. The molecule has 0 saturated heterocycles. The van der Waals surface area contributed by atoms with Gasteiger partial charge in [0.05, 0.1) is 0 Å². The first-order chi connectivity index (χ1) is 10.1. The molecule has 2 aromatic rings. The van der Waals surface area contributed by atoms with E-state index in [-0.39, 0.29) is 0 Å². The van der Waals surface area contributed by atoms with Crippen molar-refractivity contribution in [2.45, 2.75) is 40.7 Å². The van der Waals surface area contributed by atoms with E-state index in [0.29, 0.717) is 0 Å². The Bertz CT molecular complexity index is 608. The predicted octanol–water partition coefficient (Wildman–Crippen LogP) is 4.30. The number of hydrogen-bond acceptors (Lipinski definition) is 3. The highest BCUT2D eigenvalue weighted by Gasteiger charge is 2.08. The Labute approximate surface area is 127 Å². The van der Waals surface area contributed by atoms with Crippen molar-refractivity contribution in [3.05, 3.63) is 52.8 Å². The van der Waals surface area contributed by atoms with Crippen molar-refractivity contribution in [1.82, 2.24) is 10.3 Å². The smallest absolute Gasteiger partial charge is 0.135 e. The maximum atomic E-state index is 6.15. The summed E-state index contributed by atoms with van der Waals surface area (Å²) in [6.45, 7) is 10.1. The number of aryl methyl sites for hydroxylation is 3.